The van der Waals surface area contributed by atoms with Crippen LogP contribution in [-0.2, 0) is 16.0 Å². The lowest BCUT2D eigenvalue weighted by Gasteiger charge is -2.17. The van der Waals surface area contributed by atoms with Crippen molar-refractivity contribution in [1.29, 1.82) is 0 Å². The van der Waals surface area contributed by atoms with Crippen molar-refractivity contribution >= 4 is 24.2 Å². The third kappa shape index (κ3) is 6.04. The lowest BCUT2D eigenvalue weighted by atomic mass is 10.1. The van der Waals surface area contributed by atoms with Crippen molar-refractivity contribution < 1.29 is 9.59 Å². The Morgan fingerprint density at radius 1 is 1.20 bits per heavy atom. The van der Waals surface area contributed by atoms with Gasteiger partial charge in [-0.05, 0) is 25.8 Å². The molecule has 0 aliphatic carbocycles. The average molecular weight is 300 g/mol. The predicted octanol–water partition coefficient (Wildman–Crippen LogP) is 0.619. The maximum absolute atomic E-state index is 11.9. The first-order chi connectivity index (χ1) is 9.04. The Kier molecular flexibility index (Phi) is 8.59. The van der Waals surface area contributed by atoms with Crippen molar-refractivity contribution in [2.45, 2.75) is 32.4 Å². The van der Waals surface area contributed by atoms with Crippen LogP contribution in [0.4, 0.5) is 0 Å². The third-order valence-electron chi connectivity index (χ3n) is 2.74. The van der Waals surface area contributed by atoms with Gasteiger partial charge in [-0.3, -0.25) is 9.59 Å². The van der Waals surface area contributed by atoms with E-state index in [1.54, 1.807) is 6.92 Å². The molecular formula is C14H22ClN3O2. The SMILES string of the molecule is CCNC(=O)C(C)NC(=O)[C@@H](N)Cc1ccccc1.Cl. The van der Waals surface area contributed by atoms with E-state index in [-0.39, 0.29) is 24.2 Å². The molecular weight excluding hydrogens is 278 g/mol. The topological polar surface area (TPSA) is 84.2 Å². The van der Waals surface area contributed by atoms with Gasteiger partial charge in [0.15, 0.2) is 0 Å². The number of likely N-dealkylation sites (N-methyl/N-ethyl adjacent to an activating group) is 1. The van der Waals surface area contributed by atoms with Crippen LogP contribution in [0.3, 0.4) is 0 Å². The van der Waals surface area contributed by atoms with Gasteiger partial charge < -0.3 is 16.4 Å². The van der Waals surface area contributed by atoms with Gasteiger partial charge in [0.1, 0.15) is 6.04 Å². The largest absolute Gasteiger partial charge is 0.355 e. The number of rotatable bonds is 6. The first-order valence-electron chi connectivity index (χ1n) is 6.42. The molecule has 112 valence electrons. The van der Waals surface area contributed by atoms with E-state index in [1.807, 2.05) is 37.3 Å². The van der Waals surface area contributed by atoms with Gasteiger partial charge in [-0.15, -0.1) is 12.4 Å². The second-order valence-electron chi connectivity index (χ2n) is 4.42. The molecule has 2 atom stereocenters. The Labute approximate surface area is 125 Å². The van der Waals surface area contributed by atoms with Crippen molar-refractivity contribution in [1.82, 2.24) is 10.6 Å². The van der Waals surface area contributed by atoms with Crippen LogP contribution >= 0.6 is 12.4 Å². The smallest absolute Gasteiger partial charge is 0.242 e. The minimum Gasteiger partial charge on any atom is -0.355 e. The molecule has 5 nitrogen and oxygen atoms in total. The van der Waals surface area contributed by atoms with Crippen LogP contribution in [0.5, 0.6) is 0 Å². The van der Waals surface area contributed by atoms with Crippen LogP contribution in [0.25, 0.3) is 0 Å². The summed E-state index contributed by atoms with van der Waals surface area (Å²) in [5, 5.41) is 5.25. The molecule has 1 aromatic rings. The van der Waals surface area contributed by atoms with Crippen LogP contribution in [0.15, 0.2) is 30.3 Å². The first-order valence-corrected chi connectivity index (χ1v) is 6.42. The number of nitrogens with two attached hydrogens (primary N) is 1. The zero-order valence-electron chi connectivity index (χ0n) is 11.8. The molecule has 0 spiro atoms. The zero-order valence-corrected chi connectivity index (χ0v) is 12.6. The van der Waals surface area contributed by atoms with E-state index in [0.717, 1.165) is 5.56 Å². The predicted molar refractivity (Wildman–Crippen MR) is 81.7 cm³/mol. The molecule has 6 heteroatoms. The number of hydrogen-bond donors (Lipinski definition) is 3. The molecule has 0 saturated carbocycles. The fourth-order valence-corrected chi connectivity index (χ4v) is 1.67. The molecule has 2 amide bonds. The van der Waals surface area contributed by atoms with E-state index in [4.69, 9.17) is 5.73 Å². The molecule has 0 aromatic heterocycles. The van der Waals surface area contributed by atoms with Gasteiger partial charge >= 0.3 is 0 Å². The quantitative estimate of drug-likeness (QED) is 0.720. The zero-order chi connectivity index (χ0) is 14.3. The fourth-order valence-electron chi connectivity index (χ4n) is 1.67. The lowest BCUT2D eigenvalue weighted by Crippen LogP contribution is -2.50. The molecule has 0 bridgehead atoms. The van der Waals surface area contributed by atoms with Crippen LogP contribution in [0.1, 0.15) is 19.4 Å². The monoisotopic (exact) mass is 299 g/mol. The summed E-state index contributed by atoms with van der Waals surface area (Å²) in [6.45, 7) is 4.00. The van der Waals surface area contributed by atoms with Crippen LogP contribution < -0.4 is 16.4 Å². The van der Waals surface area contributed by atoms with Crippen molar-refractivity contribution in [3.05, 3.63) is 35.9 Å². The summed E-state index contributed by atoms with van der Waals surface area (Å²) in [6, 6.07) is 8.31. The molecule has 0 fully saturated rings. The number of carbonyl (C=O) groups is 2. The summed E-state index contributed by atoms with van der Waals surface area (Å²) in [5.41, 5.74) is 6.82. The maximum Gasteiger partial charge on any atom is 0.242 e. The Bertz CT molecular complexity index is 426. The summed E-state index contributed by atoms with van der Waals surface area (Å²) in [5.74, 6) is -0.523. The van der Waals surface area contributed by atoms with Crippen molar-refractivity contribution in [3.8, 4) is 0 Å². The second-order valence-corrected chi connectivity index (χ2v) is 4.42. The van der Waals surface area contributed by atoms with Gasteiger partial charge in [0.2, 0.25) is 11.8 Å². The van der Waals surface area contributed by atoms with Crippen LogP contribution in [-0.4, -0.2) is 30.4 Å². The maximum atomic E-state index is 11.9. The van der Waals surface area contributed by atoms with E-state index < -0.39 is 12.1 Å². The highest BCUT2D eigenvalue weighted by Gasteiger charge is 2.19. The Hall–Kier alpha value is -1.59. The highest BCUT2D eigenvalue weighted by atomic mass is 35.5. The minimum absolute atomic E-state index is 0. The van der Waals surface area contributed by atoms with Gasteiger partial charge in [-0.2, -0.15) is 0 Å². The van der Waals surface area contributed by atoms with Crippen LogP contribution in [0, 0.1) is 0 Å². The van der Waals surface area contributed by atoms with Gasteiger partial charge in [0, 0.05) is 6.54 Å². The van der Waals surface area contributed by atoms with E-state index in [0.29, 0.717) is 13.0 Å². The van der Waals surface area contributed by atoms with Gasteiger partial charge in [-0.25, -0.2) is 0 Å². The number of amides is 2. The highest BCUT2D eigenvalue weighted by molar-refractivity contribution is 5.89. The number of hydrogen-bond acceptors (Lipinski definition) is 3. The average Bonchev–Trinajstić information content (AvgIpc) is 2.40. The van der Waals surface area contributed by atoms with Gasteiger partial charge in [0.25, 0.3) is 0 Å². The Morgan fingerprint density at radius 2 is 1.80 bits per heavy atom. The number of carbonyl (C=O) groups excluding carboxylic acids is 2. The molecule has 1 unspecified atom stereocenters. The minimum atomic E-state index is -0.653. The summed E-state index contributed by atoms with van der Waals surface area (Å²) in [4.78, 5) is 23.3. The van der Waals surface area contributed by atoms with Crippen LogP contribution in [0.2, 0.25) is 0 Å². The summed E-state index contributed by atoms with van der Waals surface area (Å²) >= 11 is 0. The molecule has 20 heavy (non-hydrogen) atoms. The van der Waals surface area contributed by atoms with E-state index in [9.17, 15) is 9.59 Å². The lowest BCUT2D eigenvalue weighted by molar-refractivity contribution is -0.129. The third-order valence-corrected chi connectivity index (χ3v) is 2.74. The fraction of sp³-hybridized carbons (Fsp3) is 0.429. The van der Waals surface area contributed by atoms with Crippen molar-refractivity contribution in [2.75, 3.05) is 6.54 Å². The van der Waals surface area contributed by atoms with Gasteiger partial charge in [-0.1, -0.05) is 30.3 Å². The summed E-state index contributed by atoms with van der Waals surface area (Å²) in [7, 11) is 0. The number of nitrogens with one attached hydrogen (secondary N) is 2. The highest BCUT2D eigenvalue weighted by Crippen LogP contribution is 2.02. The Morgan fingerprint density at radius 3 is 2.35 bits per heavy atom. The first kappa shape index (κ1) is 18.4. The van der Waals surface area contributed by atoms with Crippen molar-refractivity contribution in [3.63, 3.8) is 0 Å². The molecule has 0 radical (unpaired) electrons. The van der Waals surface area contributed by atoms with Crippen molar-refractivity contribution in [2.24, 2.45) is 5.73 Å². The molecule has 4 N–H and O–H groups in total. The molecule has 0 heterocycles. The molecule has 0 aliphatic rings. The second kappa shape index (κ2) is 9.34. The Balaban J connectivity index is 0.00000361. The van der Waals surface area contributed by atoms with E-state index in [2.05, 4.69) is 10.6 Å². The summed E-state index contributed by atoms with van der Waals surface area (Å²) < 4.78 is 0. The van der Waals surface area contributed by atoms with Gasteiger partial charge in [0.05, 0.1) is 6.04 Å². The number of halogens is 1. The number of benzene rings is 1. The normalized spacial score (nSPS) is 12.8. The molecule has 0 saturated heterocycles. The van der Waals surface area contributed by atoms with E-state index in [1.165, 1.54) is 0 Å². The molecule has 0 aliphatic heterocycles. The molecule has 1 rings (SSSR count). The molecule has 1 aromatic carbocycles. The van der Waals surface area contributed by atoms with E-state index >= 15 is 0 Å². The standard InChI is InChI=1S/C14H21N3O2.ClH/c1-3-16-13(18)10(2)17-14(19)12(15)9-11-7-5-4-6-8-11;/h4-8,10,12H,3,9,15H2,1-2H3,(H,16,18)(H,17,19);1H/t10?,12-;/m0./s1. The summed E-state index contributed by atoms with van der Waals surface area (Å²) in [6.07, 6.45) is 0.453.